The molecule has 0 radical (unpaired) electrons. The van der Waals surface area contributed by atoms with Crippen LogP contribution in [0.15, 0.2) is 18.2 Å². The first-order valence-corrected chi connectivity index (χ1v) is 7.22. The number of hydrogen-bond donors (Lipinski definition) is 1. The summed E-state index contributed by atoms with van der Waals surface area (Å²) in [5.41, 5.74) is 2.75. The molecule has 1 N–H and O–H groups in total. The van der Waals surface area contributed by atoms with Gasteiger partial charge in [0.2, 0.25) is 0 Å². The highest BCUT2D eigenvalue weighted by Crippen LogP contribution is 2.36. The van der Waals surface area contributed by atoms with Gasteiger partial charge in [-0.1, -0.05) is 12.2 Å². The molecule has 1 aromatic heterocycles. The van der Waals surface area contributed by atoms with Gasteiger partial charge in [0, 0.05) is 17.5 Å². The Morgan fingerprint density at radius 2 is 2.53 bits per heavy atom. The van der Waals surface area contributed by atoms with Gasteiger partial charge in [0.1, 0.15) is 0 Å². The summed E-state index contributed by atoms with van der Waals surface area (Å²) in [6.07, 6.45) is 3.86. The van der Waals surface area contributed by atoms with E-state index in [0.29, 0.717) is 6.04 Å². The Labute approximate surface area is 109 Å². The molecule has 1 nitrogen and oxygen atoms in total. The third-order valence-electron chi connectivity index (χ3n) is 2.73. The van der Waals surface area contributed by atoms with E-state index in [-0.39, 0.29) is 0 Å². The van der Waals surface area contributed by atoms with Crippen molar-refractivity contribution in [3.63, 3.8) is 0 Å². The van der Waals surface area contributed by atoms with Crippen LogP contribution in [-0.4, -0.2) is 6.54 Å². The molecule has 0 amide bonds. The lowest BCUT2D eigenvalue weighted by atomic mass is 9.94. The van der Waals surface area contributed by atoms with Gasteiger partial charge in [-0.15, -0.1) is 11.3 Å². The van der Waals surface area contributed by atoms with Crippen molar-refractivity contribution in [3.05, 3.63) is 31.5 Å². The normalized spacial score (nSPS) is 20.0. The van der Waals surface area contributed by atoms with Crippen LogP contribution >= 0.6 is 33.9 Å². The van der Waals surface area contributed by atoms with Crippen molar-refractivity contribution in [1.82, 2.24) is 5.32 Å². The molecule has 1 aliphatic carbocycles. The van der Waals surface area contributed by atoms with Crippen molar-refractivity contribution in [2.24, 2.45) is 0 Å². The second-order valence-corrected chi connectivity index (χ2v) is 7.24. The predicted molar refractivity (Wildman–Crippen MR) is 75.5 cm³/mol. The summed E-state index contributed by atoms with van der Waals surface area (Å²) < 4.78 is 1.42. The lowest BCUT2D eigenvalue weighted by Crippen LogP contribution is -2.25. The summed E-state index contributed by atoms with van der Waals surface area (Å²) in [7, 11) is 0. The van der Waals surface area contributed by atoms with E-state index in [4.69, 9.17) is 0 Å². The third kappa shape index (κ3) is 2.82. The van der Waals surface area contributed by atoms with Crippen LogP contribution in [0.4, 0.5) is 0 Å². The Bertz CT molecular complexity index is 370. The van der Waals surface area contributed by atoms with Crippen LogP contribution in [0.2, 0.25) is 0 Å². The topological polar surface area (TPSA) is 12.0 Å². The van der Waals surface area contributed by atoms with Gasteiger partial charge < -0.3 is 5.32 Å². The molecule has 2 rings (SSSR count). The second-order valence-electron chi connectivity index (χ2n) is 4.21. The maximum atomic E-state index is 3.94. The van der Waals surface area contributed by atoms with Crippen molar-refractivity contribution in [2.45, 2.75) is 32.2 Å². The van der Waals surface area contributed by atoms with Gasteiger partial charge in [-0.25, -0.2) is 0 Å². The second kappa shape index (κ2) is 4.97. The summed E-state index contributed by atoms with van der Waals surface area (Å²) in [5.74, 6) is 0. The fourth-order valence-corrected chi connectivity index (χ4v) is 4.15. The molecule has 1 heterocycles. The highest BCUT2D eigenvalue weighted by Gasteiger charge is 2.21. The smallest absolute Gasteiger partial charge is 0.0659 e. The van der Waals surface area contributed by atoms with E-state index in [1.807, 2.05) is 11.3 Å². The van der Waals surface area contributed by atoms with E-state index in [0.717, 1.165) is 6.54 Å². The largest absolute Gasteiger partial charge is 0.306 e. The number of thiophene rings is 1. The Morgan fingerprint density at radius 1 is 1.73 bits per heavy atom. The summed E-state index contributed by atoms with van der Waals surface area (Å²) in [6, 6.07) is 2.90. The Hall–Kier alpha value is 0.130. The zero-order valence-corrected chi connectivity index (χ0v) is 12.0. The number of fused-ring (bicyclic) bond motifs is 1. The zero-order valence-electron chi connectivity index (χ0n) is 8.98. The van der Waals surface area contributed by atoms with Crippen molar-refractivity contribution >= 4 is 33.9 Å². The van der Waals surface area contributed by atoms with Crippen molar-refractivity contribution in [1.29, 1.82) is 0 Å². The lowest BCUT2D eigenvalue weighted by Gasteiger charge is -2.23. The van der Waals surface area contributed by atoms with Crippen LogP contribution in [0.25, 0.3) is 0 Å². The monoisotopic (exact) mass is 333 g/mol. The highest BCUT2D eigenvalue weighted by molar-refractivity contribution is 14.1. The zero-order chi connectivity index (χ0) is 10.8. The molecule has 1 aliphatic rings. The molecule has 0 aliphatic heterocycles. The molecule has 82 valence electrons. The summed E-state index contributed by atoms with van der Waals surface area (Å²) in [5, 5.41) is 3.59. The van der Waals surface area contributed by atoms with Gasteiger partial charge in [-0.2, -0.15) is 0 Å². The van der Waals surface area contributed by atoms with Crippen LogP contribution in [0.1, 0.15) is 36.2 Å². The summed E-state index contributed by atoms with van der Waals surface area (Å²) in [6.45, 7) is 6.96. The van der Waals surface area contributed by atoms with Crippen LogP contribution in [0.5, 0.6) is 0 Å². The molecule has 1 atom stereocenters. The Morgan fingerprint density at radius 3 is 3.27 bits per heavy atom. The minimum absolute atomic E-state index is 0.560. The minimum Gasteiger partial charge on any atom is -0.306 e. The van der Waals surface area contributed by atoms with Crippen molar-refractivity contribution < 1.29 is 0 Å². The average Bonchev–Trinajstić information content (AvgIpc) is 2.55. The quantitative estimate of drug-likeness (QED) is 0.654. The fraction of sp³-hybridized carbons (Fsp3) is 0.500. The van der Waals surface area contributed by atoms with Crippen LogP contribution < -0.4 is 5.32 Å². The summed E-state index contributed by atoms with van der Waals surface area (Å²) >= 11 is 4.38. The molecule has 0 fully saturated rings. The van der Waals surface area contributed by atoms with Crippen molar-refractivity contribution in [3.8, 4) is 0 Å². The number of hydrogen-bond acceptors (Lipinski definition) is 2. The van der Waals surface area contributed by atoms with E-state index in [2.05, 4.69) is 47.5 Å². The molecule has 3 heteroatoms. The van der Waals surface area contributed by atoms with Gasteiger partial charge in [-0.05, 0) is 60.4 Å². The van der Waals surface area contributed by atoms with E-state index in [1.165, 1.54) is 33.3 Å². The number of aryl methyl sites for hydroxylation is 1. The lowest BCUT2D eigenvalue weighted by molar-refractivity contribution is 0.481. The van der Waals surface area contributed by atoms with Crippen molar-refractivity contribution in [2.75, 3.05) is 6.54 Å². The fourth-order valence-electron chi connectivity index (χ4n) is 2.03. The van der Waals surface area contributed by atoms with Crippen LogP contribution in [-0.2, 0) is 6.42 Å². The molecule has 0 saturated heterocycles. The maximum absolute atomic E-state index is 3.94. The molecule has 0 spiro atoms. The number of rotatable bonds is 3. The van der Waals surface area contributed by atoms with Gasteiger partial charge in [0.05, 0.1) is 2.88 Å². The molecule has 15 heavy (non-hydrogen) atoms. The molecule has 0 aromatic carbocycles. The highest BCUT2D eigenvalue weighted by atomic mass is 127. The number of halogens is 1. The first-order valence-electron chi connectivity index (χ1n) is 5.32. The van der Waals surface area contributed by atoms with E-state index in [9.17, 15) is 0 Å². The Balaban J connectivity index is 2.11. The molecular weight excluding hydrogens is 317 g/mol. The maximum Gasteiger partial charge on any atom is 0.0659 e. The van der Waals surface area contributed by atoms with Gasteiger partial charge >= 0.3 is 0 Å². The number of nitrogens with one attached hydrogen (secondary N) is 1. The molecule has 1 unspecified atom stereocenters. The van der Waals surface area contributed by atoms with E-state index >= 15 is 0 Å². The minimum atomic E-state index is 0.560. The predicted octanol–water partition coefficient (Wildman–Crippen LogP) is 3.90. The Kier molecular flexibility index (Phi) is 3.85. The van der Waals surface area contributed by atoms with Crippen LogP contribution in [0, 0.1) is 2.88 Å². The van der Waals surface area contributed by atoms with Gasteiger partial charge in [0.25, 0.3) is 0 Å². The first-order chi connectivity index (χ1) is 7.16. The SMILES string of the molecule is C=C(C)CNC1CCCc2sc(I)cc21. The van der Waals surface area contributed by atoms with E-state index < -0.39 is 0 Å². The molecule has 0 saturated carbocycles. The molecule has 1 aromatic rings. The molecular formula is C12H16INS. The summed E-state index contributed by atoms with van der Waals surface area (Å²) in [4.78, 5) is 1.59. The third-order valence-corrected chi connectivity index (χ3v) is 4.71. The van der Waals surface area contributed by atoms with E-state index in [1.54, 1.807) is 4.88 Å². The first kappa shape index (κ1) is 11.6. The molecule has 0 bridgehead atoms. The van der Waals surface area contributed by atoms with Gasteiger partial charge in [0.15, 0.2) is 0 Å². The van der Waals surface area contributed by atoms with Gasteiger partial charge in [-0.3, -0.25) is 0 Å². The standard InChI is InChI=1S/C12H16INS/c1-8(2)7-14-10-4-3-5-11-9(10)6-12(13)15-11/h6,10,14H,1,3-5,7H2,2H3. The average molecular weight is 333 g/mol. The van der Waals surface area contributed by atoms with Crippen LogP contribution in [0.3, 0.4) is 0 Å².